The van der Waals surface area contributed by atoms with Crippen molar-refractivity contribution in [3.8, 4) is 6.07 Å². The number of nitrogens with zero attached hydrogens (tertiary/aromatic N) is 5. The fourth-order valence-electron chi connectivity index (χ4n) is 2.24. The smallest absolute Gasteiger partial charge is 0.336 e. The fourth-order valence-corrected chi connectivity index (χ4v) is 3.55. The SMILES string of the molecule is CCN(C(=O)NS(=O)(=O)c1ccc(C)cc1)c1nc(NC(C)(C)C#N)nc(SC)n1. The topological polar surface area (TPSA) is 141 Å². The number of hydrogen-bond acceptors (Lipinski definition) is 9. The Morgan fingerprint density at radius 3 is 2.40 bits per heavy atom. The van der Waals surface area contributed by atoms with E-state index in [9.17, 15) is 18.5 Å². The molecule has 0 bridgehead atoms. The van der Waals surface area contributed by atoms with E-state index in [0.29, 0.717) is 5.16 Å². The lowest BCUT2D eigenvalue weighted by molar-refractivity contribution is 0.251. The number of urea groups is 1. The van der Waals surface area contributed by atoms with E-state index in [-0.39, 0.29) is 23.3 Å². The van der Waals surface area contributed by atoms with Crippen molar-refractivity contribution in [3.05, 3.63) is 29.8 Å². The lowest BCUT2D eigenvalue weighted by Crippen LogP contribution is -2.44. The molecule has 2 amide bonds. The summed E-state index contributed by atoms with van der Waals surface area (Å²) < 4.78 is 27.2. The van der Waals surface area contributed by atoms with Gasteiger partial charge in [-0.15, -0.1) is 0 Å². The van der Waals surface area contributed by atoms with E-state index >= 15 is 0 Å². The van der Waals surface area contributed by atoms with Gasteiger partial charge in [-0.3, -0.25) is 4.90 Å². The number of hydrogen-bond donors (Lipinski definition) is 2. The first-order valence-corrected chi connectivity index (χ1v) is 11.6. The maximum Gasteiger partial charge on any atom is 0.338 e. The molecular weight excluding hydrogens is 426 g/mol. The number of aromatic nitrogens is 3. The summed E-state index contributed by atoms with van der Waals surface area (Å²) in [5.74, 6) is 0.0632. The van der Waals surface area contributed by atoms with Crippen LogP contribution in [0, 0.1) is 18.3 Å². The number of rotatable bonds is 7. The molecule has 0 aliphatic rings. The Morgan fingerprint density at radius 2 is 1.87 bits per heavy atom. The average Bonchev–Trinajstić information content (AvgIpc) is 2.68. The molecule has 160 valence electrons. The third-order valence-corrected chi connectivity index (χ3v) is 5.73. The molecule has 1 aromatic heterocycles. The Labute approximate surface area is 180 Å². The number of anilines is 2. The molecule has 0 atom stereocenters. The van der Waals surface area contributed by atoms with E-state index < -0.39 is 21.6 Å². The summed E-state index contributed by atoms with van der Waals surface area (Å²) in [5, 5.41) is 12.4. The molecular formula is C18H23N7O3S2. The highest BCUT2D eigenvalue weighted by Gasteiger charge is 2.26. The first kappa shape index (κ1) is 23.4. The zero-order valence-corrected chi connectivity index (χ0v) is 18.9. The summed E-state index contributed by atoms with van der Waals surface area (Å²) in [5.41, 5.74) is -0.0619. The monoisotopic (exact) mass is 449 g/mol. The average molecular weight is 450 g/mol. The van der Waals surface area contributed by atoms with Crippen LogP contribution in [0.15, 0.2) is 34.3 Å². The van der Waals surface area contributed by atoms with Crippen LogP contribution in [0.25, 0.3) is 0 Å². The van der Waals surface area contributed by atoms with Crippen LogP contribution >= 0.6 is 11.8 Å². The number of carbonyl (C=O) groups is 1. The van der Waals surface area contributed by atoms with Crippen LogP contribution in [0.2, 0.25) is 0 Å². The number of benzene rings is 1. The van der Waals surface area contributed by atoms with E-state index in [1.165, 1.54) is 23.9 Å². The molecule has 0 radical (unpaired) electrons. The maximum absolute atomic E-state index is 12.7. The number of aryl methyl sites for hydroxylation is 1. The van der Waals surface area contributed by atoms with E-state index in [2.05, 4.69) is 26.3 Å². The Bertz CT molecular complexity index is 1060. The number of nitrogens with one attached hydrogen (secondary N) is 2. The van der Waals surface area contributed by atoms with E-state index in [4.69, 9.17) is 0 Å². The molecule has 0 saturated carbocycles. The van der Waals surface area contributed by atoms with Gasteiger partial charge in [0, 0.05) is 6.54 Å². The highest BCUT2D eigenvalue weighted by atomic mass is 32.2. The van der Waals surface area contributed by atoms with Gasteiger partial charge in [-0.05, 0) is 46.1 Å². The Kier molecular flexibility index (Phi) is 7.22. The van der Waals surface area contributed by atoms with Crippen molar-refractivity contribution in [1.82, 2.24) is 19.7 Å². The summed E-state index contributed by atoms with van der Waals surface area (Å²) in [6.45, 7) is 6.89. The molecule has 1 aromatic carbocycles. The second kappa shape index (κ2) is 9.27. The van der Waals surface area contributed by atoms with Gasteiger partial charge < -0.3 is 5.32 Å². The molecule has 2 rings (SSSR count). The largest absolute Gasteiger partial charge is 0.338 e. The zero-order valence-electron chi connectivity index (χ0n) is 17.3. The highest BCUT2D eigenvalue weighted by Crippen LogP contribution is 2.19. The third-order valence-electron chi connectivity index (χ3n) is 3.85. The second-order valence-electron chi connectivity index (χ2n) is 6.78. The molecule has 0 fully saturated rings. The molecule has 1 heterocycles. The first-order valence-electron chi connectivity index (χ1n) is 8.92. The van der Waals surface area contributed by atoms with Crippen molar-refractivity contribution in [2.75, 3.05) is 23.0 Å². The maximum atomic E-state index is 12.7. The van der Waals surface area contributed by atoms with Crippen LogP contribution in [0.5, 0.6) is 0 Å². The number of amides is 2. The molecule has 0 aliphatic heterocycles. The van der Waals surface area contributed by atoms with Gasteiger partial charge in [-0.2, -0.15) is 20.2 Å². The van der Waals surface area contributed by atoms with Gasteiger partial charge in [0.2, 0.25) is 11.9 Å². The molecule has 0 aliphatic carbocycles. The summed E-state index contributed by atoms with van der Waals surface area (Å²) in [6.07, 6.45) is 1.75. The first-order chi connectivity index (χ1) is 14.0. The minimum atomic E-state index is -4.07. The van der Waals surface area contributed by atoms with Crippen LogP contribution in [-0.4, -0.2) is 47.7 Å². The standard InChI is InChI=1S/C18H23N7O3S2/c1-6-25(17(26)24-30(27,28)13-9-7-12(2)8-10-13)15-20-14(21-16(22-15)29-5)23-18(3,4)11-19/h7-10H,6H2,1-5H3,(H,24,26)(H,20,21,22,23). The van der Waals surface area contributed by atoms with Crippen molar-refractivity contribution in [2.24, 2.45) is 0 Å². The third kappa shape index (κ3) is 5.80. The van der Waals surface area contributed by atoms with Crippen molar-refractivity contribution in [1.29, 1.82) is 5.26 Å². The van der Waals surface area contributed by atoms with Gasteiger partial charge in [0.15, 0.2) is 5.16 Å². The quantitative estimate of drug-likeness (QED) is 0.610. The van der Waals surface area contributed by atoms with Gasteiger partial charge in [0.1, 0.15) is 5.54 Å². The fraction of sp³-hybridized carbons (Fsp3) is 0.389. The van der Waals surface area contributed by atoms with Crippen molar-refractivity contribution < 1.29 is 13.2 Å². The van der Waals surface area contributed by atoms with Crippen LogP contribution in [0.3, 0.4) is 0 Å². The zero-order chi connectivity index (χ0) is 22.5. The van der Waals surface area contributed by atoms with Crippen LogP contribution in [0.1, 0.15) is 26.3 Å². The molecule has 2 aromatic rings. The van der Waals surface area contributed by atoms with Gasteiger partial charge in [-0.25, -0.2) is 17.9 Å². The molecule has 30 heavy (non-hydrogen) atoms. The van der Waals surface area contributed by atoms with Crippen molar-refractivity contribution >= 4 is 39.7 Å². The summed E-state index contributed by atoms with van der Waals surface area (Å²) in [7, 11) is -4.07. The summed E-state index contributed by atoms with van der Waals surface area (Å²) in [6, 6.07) is 7.29. The molecule has 0 spiro atoms. The predicted octanol–water partition coefficient (Wildman–Crippen LogP) is 2.54. The minimum Gasteiger partial charge on any atom is -0.336 e. The molecule has 2 N–H and O–H groups in total. The van der Waals surface area contributed by atoms with Crippen LogP contribution in [-0.2, 0) is 10.0 Å². The Morgan fingerprint density at radius 1 is 1.23 bits per heavy atom. The molecule has 0 saturated heterocycles. The van der Waals surface area contributed by atoms with Crippen LogP contribution < -0.4 is 14.9 Å². The number of nitriles is 1. The lowest BCUT2D eigenvalue weighted by Gasteiger charge is -2.22. The summed E-state index contributed by atoms with van der Waals surface area (Å²) >= 11 is 1.22. The lowest BCUT2D eigenvalue weighted by atomic mass is 10.1. The van der Waals surface area contributed by atoms with Gasteiger partial charge in [0.05, 0.1) is 11.0 Å². The highest BCUT2D eigenvalue weighted by molar-refractivity contribution is 7.98. The van der Waals surface area contributed by atoms with E-state index in [1.54, 1.807) is 39.2 Å². The predicted molar refractivity (Wildman–Crippen MR) is 115 cm³/mol. The minimum absolute atomic E-state index is 0.0314. The van der Waals surface area contributed by atoms with Gasteiger partial charge in [0.25, 0.3) is 10.0 Å². The summed E-state index contributed by atoms with van der Waals surface area (Å²) in [4.78, 5) is 26.4. The van der Waals surface area contributed by atoms with E-state index in [1.807, 2.05) is 11.6 Å². The van der Waals surface area contributed by atoms with E-state index in [0.717, 1.165) is 10.5 Å². The van der Waals surface area contributed by atoms with Crippen LogP contribution in [0.4, 0.5) is 16.7 Å². The molecule has 0 unspecified atom stereocenters. The number of carbonyl (C=O) groups excluding carboxylic acids is 1. The Hall–Kier alpha value is -2.91. The van der Waals surface area contributed by atoms with Gasteiger partial charge in [-0.1, -0.05) is 29.5 Å². The molecule has 10 nitrogen and oxygen atoms in total. The second-order valence-corrected chi connectivity index (χ2v) is 9.23. The Balaban J connectivity index is 2.35. The normalized spacial score (nSPS) is 11.5. The number of thioether (sulfide) groups is 1. The van der Waals surface area contributed by atoms with Gasteiger partial charge >= 0.3 is 6.03 Å². The van der Waals surface area contributed by atoms with Crippen molar-refractivity contribution in [2.45, 2.75) is 43.3 Å². The molecule has 12 heteroatoms. The van der Waals surface area contributed by atoms with Crippen molar-refractivity contribution in [3.63, 3.8) is 0 Å². The number of sulfonamides is 1.